The number of carbonyl (C=O) groups is 1. The normalized spacial score (nSPS) is 25.7. The molecule has 1 aromatic rings. The largest absolute Gasteiger partial charge is 0.573 e. The Balaban J connectivity index is 1.53. The highest BCUT2D eigenvalue weighted by Crippen LogP contribution is 2.33. The van der Waals surface area contributed by atoms with E-state index in [-0.39, 0.29) is 18.2 Å². The molecule has 2 bridgehead atoms. The molecule has 1 aromatic carbocycles. The molecule has 0 aliphatic carbocycles. The molecule has 0 aromatic heterocycles. The molecule has 2 saturated heterocycles. The summed E-state index contributed by atoms with van der Waals surface area (Å²) in [5.74, 6) is 0.169. The van der Waals surface area contributed by atoms with Crippen LogP contribution in [0, 0.1) is 5.92 Å². The summed E-state index contributed by atoms with van der Waals surface area (Å²) in [6.07, 6.45) is 0.239. The van der Waals surface area contributed by atoms with Crippen LogP contribution in [0.4, 0.5) is 13.2 Å². The zero-order valence-corrected chi connectivity index (χ0v) is 14.2. The second kappa shape index (κ2) is 7.23. The molecule has 2 atom stereocenters. The number of fused-ring (bicyclic) bond motifs is 2. The third-order valence-electron chi connectivity index (χ3n) is 5.01. The lowest BCUT2D eigenvalue weighted by atomic mass is 9.89. The van der Waals surface area contributed by atoms with Gasteiger partial charge in [-0.25, -0.2) is 0 Å². The summed E-state index contributed by atoms with van der Waals surface area (Å²) in [6.45, 7) is 0.270. The van der Waals surface area contributed by atoms with Gasteiger partial charge in [0.1, 0.15) is 5.75 Å². The predicted octanol–water partition coefficient (Wildman–Crippen LogP) is 3.46. The number of amides is 1. The number of alkyl halides is 3. The summed E-state index contributed by atoms with van der Waals surface area (Å²) in [4.78, 5) is 14.0. The summed E-state index contributed by atoms with van der Waals surface area (Å²) < 4.78 is 40.8. The van der Waals surface area contributed by atoms with E-state index in [4.69, 9.17) is 0 Å². The van der Waals surface area contributed by atoms with Crippen molar-refractivity contribution in [1.82, 2.24) is 10.2 Å². The first-order chi connectivity index (χ1) is 11.8. The number of rotatable bonds is 5. The van der Waals surface area contributed by atoms with Crippen molar-refractivity contribution in [3.8, 4) is 5.75 Å². The first-order valence-corrected chi connectivity index (χ1v) is 8.63. The van der Waals surface area contributed by atoms with Crippen molar-refractivity contribution in [2.75, 3.05) is 7.05 Å². The van der Waals surface area contributed by atoms with Gasteiger partial charge in [0, 0.05) is 32.1 Å². The molecule has 138 valence electrons. The van der Waals surface area contributed by atoms with Gasteiger partial charge in [-0.1, -0.05) is 12.1 Å². The molecular weight excluding hydrogens is 333 g/mol. The van der Waals surface area contributed by atoms with Crippen molar-refractivity contribution in [3.63, 3.8) is 0 Å². The molecule has 1 N–H and O–H groups in total. The second-order valence-corrected chi connectivity index (χ2v) is 7.12. The number of benzene rings is 1. The van der Waals surface area contributed by atoms with Crippen molar-refractivity contribution in [2.24, 2.45) is 5.92 Å². The molecule has 25 heavy (non-hydrogen) atoms. The van der Waals surface area contributed by atoms with E-state index in [1.54, 1.807) is 18.0 Å². The summed E-state index contributed by atoms with van der Waals surface area (Å²) in [7, 11) is 1.69. The van der Waals surface area contributed by atoms with E-state index >= 15 is 0 Å². The number of piperidine rings is 1. The van der Waals surface area contributed by atoms with E-state index in [2.05, 4.69) is 10.1 Å². The molecule has 3 rings (SSSR count). The van der Waals surface area contributed by atoms with Crippen LogP contribution in [0.25, 0.3) is 0 Å². The van der Waals surface area contributed by atoms with Crippen LogP contribution >= 0.6 is 0 Å². The Bertz CT molecular complexity index is 609. The molecular formula is C18H23F3N2O2. The summed E-state index contributed by atoms with van der Waals surface area (Å²) in [5.41, 5.74) is 0.614. The molecule has 2 aliphatic heterocycles. The summed E-state index contributed by atoms with van der Waals surface area (Å²) in [5, 5.41) is 3.56. The molecule has 0 spiro atoms. The molecule has 2 fully saturated rings. The number of nitrogens with zero attached hydrogens (tertiary/aromatic N) is 1. The predicted molar refractivity (Wildman–Crippen MR) is 86.9 cm³/mol. The Kier molecular flexibility index (Phi) is 5.22. The fourth-order valence-electron chi connectivity index (χ4n) is 3.95. The third-order valence-corrected chi connectivity index (χ3v) is 5.01. The van der Waals surface area contributed by atoms with Gasteiger partial charge < -0.3 is 15.0 Å². The van der Waals surface area contributed by atoms with Crippen LogP contribution in [0.15, 0.2) is 24.3 Å². The topological polar surface area (TPSA) is 41.6 Å². The third kappa shape index (κ3) is 5.11. The Morgan fingerprint density at radius 1 is 1.28 bits per heavy atom. The highest BCUT2D eigenvalue weighted by Gasteiger charge is 2.34. The minimum Gasteiger partial charge on any atom is -0.406 e. The Morgan fingerprint density at radius 2 is 1.96 bits per heavy atom. The zero-order chi connectivity index (χ0) is 18.0. The van der Waals surface area contributed by atoms with Gasteiger partial charge in [-0.2, -0.15) is 0 Å². The second-order valence-electron chi connectivity index (χ2n) is 7.12. The maximum Gasteiger partial charge on any atom is 0.573 e. The van der Waals surface area contributed by atoms with Gasteiger partial charge in [-0.05, 0) is 49.3 Å². The van der Waals surface area contributed by atoms with Crippen LogP contribution in [0.3, 0.4) is 0 Å². The standard InChI is InChI=1S/C18H23F3N2O2/c1-23(11-12-3-2-4-16(9-12)25-18(19,20)21)17(24)10-13-7-14-5-6-15(8-13)22-14/h2-4,9,13-15,22H,5-8,10-11H2,1H3. The first-order valence-electron chi connectivity index (χ1n) is 8.63. The minimum absolute atomic E-state index is 0.0356. The van der Waals surface area contributed by atoms with Gasteiger partial charge in [-0.3, -0.25) is 4.79 Å². The van der Waals surface area contributed by atoms with Crippen LogP contribution in [0.1, 0.15) is 37.7 Å². The van der Waals surface area contributed by atoms with E-state index in [9.17, 15) is 18.0 Å². The number of ether oxygens (including phenoxy) is 1. The number of nitrogens with one attached hydrogen (secondary N) is 1. The summed E-state index contributed by atoms with van der Waals surface area (Å²) >= 11 is 0. The van der Waals surface area contributed by atoms with Crippen LogP contribution < -0.4 is 10.1 Å². The van der Waals surface area contributed by atoms with Gasteiger partial charge >= 0.3 is 6.36 Å². The molecule has 0 saturated carbocycles. The fourth-order valence-corrected chi connectivity index (χ4v) is 3.95. The van der Waals surface area contributed by atoms with E-state index in [1.807, 2.05) is 0 Å². The molecule has 2 unspecified atom stereocenters. The molecule has 0 radical (unpaired) electrons. The number of hydrogen-bond donors (Lipinski definition) is 1. The Morgan fingerprint density at radius 3 is 2.60 bits per heavy atom. The quantitative estimate of drug-likeness (QED) is 0.878. The zero-order valence-electron chi connectivity index (χ0n) is 14.2. The monoisotopic (exact) mass is 356 g/mol. The van der Waals surface area contributed by atoms with Gasteiger partial charge in [-0.15, -0.1) is 13.2 Å². The van der Waals surface area contributed by atoms with Gasteiger partial charge in [0.15, 0.2) is 0 Å². The average Bonchev–Trinajstić information content (AvgIpc) is 2.84. The molecule has 2 heterocycles. The van der Waals surface area contributed by atoms with Crippen LogP contribution in [0.2, 0.25) is 0 Å². The number of carbonyl (C=O) groups excluding carboxylic acids is 1. The lowest BCUT2D eigenvalue weighted by molar-refractivity contribution is -0.274. The smallest absolute Gasteiger partial charge is 0.406 e. The highest BCUT2D eigenvalue weighted by atomic mass is 19.4. The molecule has 4 nitrogen and oxygen atoms in total. The lowest BCUT2D eigenvalue weighted by Crippen LogP contribution is -2.39. The van der Waals surface area contributed by atoms with Gasteiger partial charge in [0.25, 0.3) is 0 Å². The first kappa shape index (κ1) is 18.0. The SMILES string of the molecule is CN(Cc1cccc(OC(F)(F)F)c1)C(=O)CC1CC2CCC(C1)N2. The van der Waals surface area contributed by atoms with Crippen molar-refractivity contribution in [2.45, 2.75) is 57.1 Å². The maximum atomic E-state index is 12.5. The van der Waals surface area contributed by atoms with Crippen molar-refractivity contribution in [3.05, 3.63) is 29.8 Å². The molecule has 1 amide bonds. The minimum atomic E-state index is -4.71. The summed E-state index contributed by atoms with van der Waals surface area (Å²) in [6, 6.07) is 6.85. The van der Waals surface area contributed by atoms with E-state index in [0.29, 0.717) is 30.0 Å². The van der Waals surface area contributed by atoms with E-state index < -0.39 is 6.36 Å². The van der Waals surface area contributed by atoms with Crippen LogP contribution in [0.5, 0.6) is 5.75 Å². The highest BCUT2D eigenvalue weighted by molar-refractivity contribution is 5.76. The van der Waals surface area contributed by atoms with Crippen LogP contribution in [-0.2, 0) is 11.3 Å². The molecule has 7 heteroatoms. The number of hydrogen-bond acceptors (Lipinski definition) is 3. The lowest BCUT2D eigenvalue weighted by Gasteiger charge is -2.30. The maximum absolute atomic E-state index is 12.5. The number of halogens is 3. The van der Waals surface area contributed by atoms with Crippen molar-refractivity contribution < 1.29 is 22.7 Å². The van der Waals surface area contributed by atoms with Gasteiger partial charge in [0.2, 0.25) is 5.91 Å². The van der Waals surface area contributed by atoms with Crippen LogP contribution in [-0.4, -0.2) is 36.3 Å². The van der Waals surface area contributed by atoms with E-state index in [0.717, 1.165) is 12.8 Å². The average molecular weight is 356 g/mol. The fraction of sp³-hybridized carbons (Fsp3) is 0.611. The van der Waals surface area contributed by atoms with Gasteiger partial charge in [0.05, 0.1) is 0 Å². The Hall–Kier alpha value is -1.76. The van der Waals surface area contributed by atoms with E-state index in [1.165, 1.54) is 31.0 Å². The Labute approximate surface area is 145 Å². The van der Waals surface area contributed by atoms with Crippen molar-refractivity contribution >= 4 is 5.91 Å². The molecule has 2 aliphatic rings. The van der Waals surface area contributed by atoms with Crippen molar-refractivity contribution in [1.29, 1.82) is 0 Å².